The first kappa shape index (κ1) is 18.1. The van der Waals surface area contributed by atoms with Crippen molar-refractivity contribution < 1.29 is 9.84 Å². The topological polar surface area (TPSA) is 78.8 Å². The van der Waals surface area contributed by atoms with Crippen LogP contribution in [0.15, 0.2) is 28.6 Å². The second-order valence-electron chi connectivity index (χ2n) is 5.24. The molecule has 0 aliphatic heterocycles. The van der Waals surface area contributed by atoms with Crippen LogP contribution in [0.3, 0.4) is 0 Å². The maximum absolute atomic E-state index is 9.82. The minimum atomic E-state index is 0.127. The Balaban J connectivity index is 1.91. The Morgan fingerprint density at radius 1 is 1.38 bits per heavy atom. The van der Waals surface area contributed by atoms with Crippen LogP contribution in [-0.2, 0) is 13.0 Å². The van der Waals surface area contributed by atoms with E-state index in [-0.39, 0.29) is 5.75 Å². The minimum Gasteiger partial charge on any atom is -0.504 e. The van der Waals surface area contributed by atoms with Crippen LogP contribution in [0.25, 0.3) is 0 Å². The maximum Gasteiger partial charge on any atom is 0.191 e. The van der Waals surface area contributed by atoms with Gasteiger partial charge in [0, 0.05) is 24.9 Å². The molecule has 1 aromatic heterocycles. The number of guanidine groups is 1. The lowest BCUT2D eigenvalue weighted by Gasteiger charge is -2.11. The van der Waals surface area contributed by atoms with Gasteiger partial charge in [-0.2, -0.15) is 0 Å². The van der Waals surface area contributed by atoms with E-state index in [1.54, 1.807) is 23.5 Å². The predicted octanol–water partition coefficient (Wildman–Crippen LogP) is 2.46. The number of phenols is 1. The van der Waals surface area contributed by atoms with Gasteiger partial charge in [-0.1, -0.05) is 6.07 Å². The molecule has 2 rings (SSSR count). The van der Waals surface area contributed by atoms with Gasteiger partial charge in [0.05, 0.1) is 24.4 Å². The van der Waals surface area contributed by atoms with Gasteiger partial charge < -0.3 is 20.5 Å². The molecule has 0 aliphatic rings. The van der Waals surface area contributed by atoms with Crippen molar-refractivity contribution in [3.05, 3.63) is 39.8 Å². The normalized spacial score (nSPS) is 11.4. The van der Waals surface area contributed by atoms with Crippen LogP contribution in [0.5, 0.6) is 11.5 Å². The summed E-state index contributed by atoms with van der Waals surface area (Å²) in [6, 6.07) is 5.30. The number of aryl methyl sites for hydroxylation is 1. The summed E-state index contributed by atoms with van der Waals surface area (Å²) in [5.74, 6) is 1.34. The molecule has 0 aliphatic carbocycles. The van der Waals surface area contributed by atoms with Crippen LogP contribution < -0.4 is 15.4 Å². The summed E-state index contributed by atoms with van der Waals surface area (Å²) < 4.78 is 5.05. The Morgan fingerprint density at radius 3 is 2.83 bits per heavy atom. The van der Waals surface area contributed by atoms with E-state index in [1.807, 2.05) is 19.9 Å². The molecule has 0 saturated carbocycles. The summed E-state index contributed by atoms with van der Waals surface area (Å²) in [7, 11) is 1.53. The molecule has 0 fully saturated rings. The molecule has 0 spiro atoms. The van der Waals surface area contributed by atoms with Gasteiger partial charge >= 0.3 is 0 Å². The van der Waals surface area contributed by atoms with Crippen molar-refractivity contribution >= 4 is 17.3 Å². The van der Waals surface area contributed by atoms with Crippen molar-refractivity contribution in [2.75, 3.05) is 20.2 Å². The molecule has 1 heterocycles. The number of thiazole rings is 1. The summed E-state index contributed by atoms with van der Waals surface area (Å²) in [5, 5.41) is 19.5. The van der Waals surface area contributed by atoms with E-state index in [1.165, 1.54) is 7.11 Å². The second kappa shape index (κ2) is 9.12. The molecule has 24 heavy (non-hydrogen) atoms. The highest BCUT2D eigenvalue weighted by Crippen LogP contribution is 2.26. The molecule has 0 unspecified atom stereocenters. The quantitative estimate of drug-likeness (QED) is 0.529. The first-order chi connectivity index (χ1) is 11.6. The van der Waals surface area contributed by atoms with Gasteiger partial charge in [0.1, 0.15) is 0 Å². The molecular formula is C17H24N4O2S. The maximum atomic E-state index is 9.82. The van der Waals surface area contributed by atoms with E-state index in [2.05, 4.69) is 26.0 Å². The zero-order valence-electron chi connectivity index (χ0n) is 14.3. The van der Waals surface area contributed by atoms with E-state index in [0.717, 1.165) is 41.7 Å². The monoisotopic (exact) mass is 348 g/mol. The molecule has 0 atom stereocenters. The van der Waals surface area contributed by atoms with E-state index in [9.17, 15) is 5.11 Å². The smallest absolute Gasteiger partial charge is 0.191 e. The van der Waals surface area contributed by atoms with Gasteiger partial charge in [-0.25, -0.2) is 9.98 Å². The Hall–Kier alpha value is -2.28. The molecule has 0 radical (unpaired) electrons. The summed E-state index contributed by atoms with van der Waals surface area (Å²) in [5.41, 5.74) is 2.02. The Bertz CT molecular complexity index is 685. The van der Waals surface area contributed by atoms with Crippen LogP contribution in [0, 0.1) is 6.92 Å². The predicted molar refractivity (Wildman–Crippen MR) is 98.0 cm³/mol. The van der Waals surface area contributed by atoms with E-state index >= 15 is 0 Å². The number of phenolic OH excluding ortho intramolecular Hbond substituents is 1. The van der Waals surface area contributed by atoms with Crippen LogP contribution in [0.4, 0.5) is 0 Å². The Labute approximate surface area is 146 Å². The SMILES string of the molecule is CCNC(=NCc1ccc(OC)c(O)c1)NCCc1csc(C)n1. The average Bonchev–Trinajstić information content (AvgIpc) is 2.98. The zero-order valence-corrected chi connectivity index (χ0v) is 15.1. The molecule has 6 nitrogen and oxygen atoms in total. The summed E-state index contributed by atoms with van der Waals surface area (Å²) in [4.78, 5) is 8.99. The highest BCUT2D eigenvalue weighted by molar-refractivity contribution is 7.09. The third-order valence-electron chi connectivity index (χ3n) is 3.35. The molecule has 0 amide bonds. The third kappa shape index (κ3) is 5.42. The number of nitrogens with zero attached hydrogens (tertiary/aromatic N) is 2. The summed E-state index contributed by atoms with van der Waals surface area (Å²) in [6.45, 7) is 6.07. The lowest BCUT2D eigenvalue weighted by molar-refractivity contribution is 0.373. The van der Waals surface area contributed by atoms with Crippen LogP contribution in [-0.4, -0.2) is 36.2 Å². The van der Waals surface area contributed by atoms with Crippen LogP contribution in [0.1, 0.15) is 23.2 Å². The molecule has 1 aromatic carbocycles. The van der Waals surface area contributed by atoms with Crippen LogP contribution >= 0.6 is 11.3 Å². The number of rotatable bonds is 7. The minimum absolute atomic E-state index is 0.127. The molecule has 3 N–H and O–H groups in total. The number of nitrogens with one attached hydrogen (secondary N) is 2. The van der Waals surface area contributed by atoms with Crippen molar-refractivity contribution in [2.45, 2.75) is 26.8 Å². The average molecular weight is 348 g/mol. The van der Waals surface area contributed by atoms with E-state index < -0.39 is 0 Å². The van der Waals surface area contributed by atoms with Gasteiger partial charge in [0.2, 0.25) is 0 Å². The summed E-state index contributed by atoms with van der Waals surface area (Å²) >= 11 is 1.67. The summed E-state index contributed by atoms with van der Waals surface area (Å²) in [6.07, 6.45) is 0.859. The van der Waals surface area contributed by atoms with E-state index in [4.69, 9.17) is 4.74 Å². The molecule has 7 heteroatoms. The number of ether oxygens (including phenoxy) is 1. The lowest BCUT2D eigenvalue weighted by Crippen LogP contribution is -2.38. The lowest BCUT2D eigenvalue weighted by atomic mass is 10.2. The largest absolute Gasteiger partial charge is 0.504 e. The van der Waals surface area contributed by atoms with Crippen molar-refractivity contribution in [3.8, 4) is 11.5 Å². The highest BCUT2D eigenvalue weighted by Gasteiger charge is 2.04. The fourth-order valence-electron chi connectivity index (χ4n) is 2.18. The number of hydrogen-bond donors (Lipinski definition) is 3. The molecule has 130 valence electrons. The van der Waals surface area contributed by atoms with Crippen LogP contribution in [0.2, 0.25) is 0 Å². The van der Waals surface area contributed by atoms with Gasteiger partial charge in [0.15, 0.2) is 17.5 Å². The molecule has 0 bridgehead atoms. The van der Waals surface area contributed by atoms with E-state index in [0.29, 0.717) is 12.3 Å². The number of benzene rings is 1. The van der Waals surface area contributed by atoms with Crippen molar-refractivity contribution in [3.63, 3.8) is 0 Å². The Morgan fingerprint density at radius 2 is 2.21 bits per heavy atom. The zero-order chi connectivity index (χ0) is 17.4. The van der Waals surface area contributed by atoms with Crippen molar-refractivity contribution in [2.24, 2.45) is 4.99 Å². The fourth-order valence-corrected chi connectivity index (χ4v) is 2.83. The van der Waals surface area contributed by atoms with Gasteiger partial charge in [-0.15, -0.1) is 11.3 Å². The number of hydrogen-bond acceptors (Lipinski definition) is 5. The second-order valence-corrected chi connectivity index (χ2v) is 6.30. The first-order valence-electron chi connectivity index (χ1n) is 7.91. The van der Waals surface area contributed by atoms with Crippen molar-refractivity contribution in [1.82, 2.24) is 15.6 Å². The first-order valence-corrected chi connectivity index (χ1v) is 8.79. The van der Waals surface area contributed by atoms with Gasteiger partial charge in [0.25, 0.3) is 0 Å². The molecule has 2 aromatic rings. The van der Waals surface area contributed by atoms with Gasteiger partial charge in [-0.05, 0) is 31.5 Å². The fraction of sp³-hybridized carbons (Fsp3) is 0.412. The molecular weight excluding hydrogens is 324 g/mol. The number of aromatic hydroxyl groups is 1. The number of aliphatic imine (C=N–C) groups is 1. The Kier molecular flexibility index (Phi) is 6.87. The van der Waals surface area contributed by atoms with Gasteiger partial charge in [-0.3, -0.25) is 0 Å². The number of aromatic nitrogens is 1. The number of methoxy groups -OCH3 is 1. The third-order valence-corrected chi connectivity index (χ3v) is 4.17. The van der Waals surface area contributed by atoms with Crippen molar-refractivity contribution in [1.29, 1.82) is 0 Å². The molecule has 0 saturated heterocycles. The standard InChI is InChI=1S/C17H24N4O2S/c1-4-18-17(19-8-7-14-11-24-12(2)21-14)20-10-13-5-6-16(23-3)15(22)9-13/h5-6,9,11,22H,4,7-8,10H2,1-3H3,(H2,18,19,20). The highest BCUT2D eigenvalue weighted by atomic mass is 32.1.